The Morgan fingerprint density at radius 2 is 2.00 bits per heavy atom. The van der Waals surface area contributed by atoms with E-state index in [1.165, 1.54) is 0 Å². The summed E-state index contributed by atoms with van der Waals surface area (Å²) in [7, 11) is 0. The average Bonchev–Trinajstić information content (AvgIpc) is 2.01. The minimum atomic E-state index is -1.22. The van der Waals surface area contributed by atoms with Crippen molar-refractivity contribution in [1.29, 1.82) is 0 Å². The topological polar surface area (TPSA) is 40.5 Å². The van der Waals surface area contributed by atoms with Crippen molar-refractivity contribution in [2.45, 2.75) is 51.7 Å². The third-order valence-corrected chi connectivity index (χ3v) is 3.11. The van der Waals surface area contributed by atoms with Crippen LogP contribution in [0, 0.1) is 17.3 Å². The molecule has 0 aromatic rings. The van der Waals surface area contributed by atoms with Gasteiger partial charge in [-0.2, -0.15) is 0 Å². The highest BCUT2D eigenvalue weighted by Gasteiger charge is 2.50. The van der Waals surface area contributed by atoms with Crippen LogP contribution in [0.2, 0.25) is 0 Å². The normalized spacial score (nSPS) is 37.8. The highest BCUT2D eigenvalue weighted by molar-refractivity contribution is 5.22. The highest BCUT2D eigenvalue weighted by Crippen LogP contribution is 2.43. The Kier molecular flexibility index (Phi) is 2.70. The first-order valence-electron chi connectivity index (χ1n) is 4.78. The monoisotopic (exact) mass is 182 g/mol. The number of aliphatic hydroxyl groups is 2. The van der Waals surface area contributed by atoms with Crippen molar-refractivity contribution in [1.82, 2.24) is 0 Å². The van der Waals surface area contributed by atoms with Crippen molar-refractivity contribution < 1.29 is 10.2 Å². The Bertz CT molecular complexity index is 247. The van der Waals surface area contributed by atoms with Crippen LogP contribution >= 0.6 is 0 Å². The standard InChI is InChI=1S/C11H18O2/c1-4-7-11(13)9(12)6-5-8-10(11,2)3/h9,12-13H,5-6,8H2,1-3H3/t9-,11-/m1/s1. The van der Waals surface area contributed by atoms with Crippen LogP contribution in [0.4, 0.5) is 0 Å². The molecule has 0 aliphatic heterocycles. The zero-order chi connectivity index (χ0) is 10.1. The van der Waals surface area contributed by atoms with E-state index < -0.39 is 11.7 Å². The van der Waals surface area contributed by atoms with E-state index >= 15 is 0 Å². The van der Waals surface area contributed by atoms with Crippen molar-refractivity contribution in [2.75, 3.05) is 0 Å². The molecule has 0 radical (unpaired) electrons. The van der Waals surface area contributed by atoms with Crippen LogP contribution in [0.3, 0.4) is 0 Å². The molecule has 2 nitrogen and oxygen atoms in total. The summed E-state index contributed by atoms with van der Waals surface area (Å²) >= 11 is 0. The first kappa shape index (κ1) is 10.6. The maximum absolute atomic E-state index is 10.2. The molecule has 0 bridgehead atoms. The Balaban J connectivity index is 3.03. The van der Waals surface area contributed by atoms with Gasteiger partial charge in [-0.25, -0.2) is 0 Å². The zero-order valence-electron chi connectivity index (χ0n) is 8.59. The summed E-state index contributed by atoms with van der Waals surface area (Å²) < 4.78 is 0. The second kappa shape index (κ2) is 3.32. The predicted molar refractivity (Wildman–Crippen MR) is 52.0 cm³/mol. The molecular formula is C11H18O2. The van der Waals surface area contributed by atoms with Gasteiger partial charge in [-0.3, -0.25) is 0 Å². The minimum Gasteiger partial charge on any atom is -0.389 e. The van der Waals surface area contributed by atoms with Gasteiger partial charge in [0.05, 0.1) is 6.10 Å². The van der Waals surface area contributed by atoms with Gasteiger partial charge in [0.15, 0.2) is 5.60 Å². The molecule has 74 valence electrons. The van der Waals surface area contributed by atoms with Crippen molar-refractivity contribution in [2.24, 2.45) is 5.41 Å². The van der Waals surface area contributed by atoms with Gasteiger partial charge in [-0.15, -0.1) is 5.92 Å². The zero-order valence-corrected chi connectivity index (χ0v) is 8.59. The Hall–Kier alpha value is -0.520. The first-order valence-corrected chi connectivity index (χ1v) is 4.78. The largest absolute Gasteiger partial charge is 0.389 e. The van der Waals surface area contributed by atoms with Gasteiger partial charge >= 0.3 is 0 Å². The van der Waals surface area contributed by atoms with Gasteiger partial charge in [0, 0.05) is 5.41 Å². The lowest BCUT2D eigenvalue weighted by Gasteiger charge is -2.46. The van der Waals surface area contributed by atoms with Gasteiger partial charge in [0.25, 0.3) is 0 Å². The lowest BCUT2D eigenvalue weighted by molar-refractivity contribution is -0.131. The summed E-state index contributed by atoms with van der Waals surface area (Å²) in [4.78, 5) is 0. The molecule has 0 unspecified atom stereocenters. The Morgan fingerprint density at radius 1 is 1.38 bits per heavy atom. The first-order chi connectivity index (χ1) is 5.94. The van der Waals surface area contributed by atoms with E-state index in [4.69, 9.17) is 0 Å². The lowest BCUT2D eigenvalue weighted by Crippen LogP contribution is -2.55. The van der Waals surface area contributed by atoms with Crippen molar-refractivity contribution in [3.63, 3.8) is 0 Å². The molecule has 13 heavy (non-hydrogen) atoms. The maximum atomic E-state index is 10.2. The van der Waals surface area contributed by atoms with Crippen LogP contribution in [0.5, 0.6) is 0 Å². The van der Waals surface area contributed by atoms with Crippen molar-refractivity contribution >= 4 is 0 Å². The number of aliphatic hydroxyl groups excluding tert-OH is 1. The summed E-state index contributed by atoms with van der Waals surface area (Å²) in [5, 5.41) is 20.0. The van der Waals surface area contributed by atoms with Gasteiger partial charge in [0.1, 0.15) is 0 Å². The van der Waals surface area contributed by atoms with E-state index in [0.717, 1.165) is 12.8 Å². The van der Waals surface area contributed by atoms with Gasteiger partial charge in [-0.1, -0.05) is 26.2 Å². The molecular weight excluding hydrogens is 164 g/mol. The second-order valence-electron chi connectivity index (χ2n) is 4.43. The lowest BCUT2D eigenvalue weighted by atomic mass is 9.64. The molecule has 0 aromatic heterocycles. The molecule has 1 rings (SSSR count). The molecule has 0 spiro atoms. The number of rotatable bonds is 0. The third kappa shape index (κ3) is 1.59. The van der Waals surface area contributed by atoms with Crippen LogP contribution in [0.15, 0.2) is 0 Å². The molecule has 1 saturated carbocycles. The maximum Gasteiger partial charge on any atom is 0.156 e. The molecule has 0 heterocycles. The van der Waals surface area contributed by atoms with E-state index in [0.29, 0.717) is 6.42 Å². The molecule has 0 saturated heterocycles. The van der Waals surface area contributed by atoms with Gasteiger partial charge < -0.3 is 10.2 Å². The SMILES string of the molecule is CC#C[C@@]1(O)[C@H](O)CCCC1(C)C. The van der Waals surface area contributed by atoms with E-state index in [-0.39, 0.29) is 5.41 Å². The summed E-state index contributed by atoms with van der Waals surface area (Å²) in [6, 6.07) is 0. The minimum absolute atomic E-state index is 0.312. The van der Waals surface area contributed by atoms with Crippen LogP contribution in [0.1, 0.15) is 40.0 Å². The molecule has 0 amide bonds. The number of hydrogen-bond donors (Lipinski definition) is 2. The molecule has 1 aliphatic rings. The fourth-order valence-corrected chi connectivity index (χ4v) is 2.03. The van der Waals surface area contributed by atoms with E-state index in [1.807, 2.05) is 13.8 Å². The van der Waals surface area contributed by atoms with Crippen molar-refractivity contribution in [3.05, 3.63) is 0 Å². The summed E-state index contributed by atoms with van der Waals surface area (Å²) in [6.07, 6.45) is 1.81. The fraction of sp³-hybridized carbons (Fsp3) is 0.818. The summed E-state index contributed by atoms with van der Waals surface area (Å²) in [5.74, 6) is 5.46. The third-order valence-electron chi connectivity index (χ3n) is 3.11. The molecule has 1 fully saturated rings. The van der Waals surface area contributed by atoms with Crippen LogP contribution in [0.25, 0.3) is 0 Å². The van der Waals surface area contributed by atoms with E-state index in [1.54, 1.807) is 6.92 Å². The van der Waals surface area contributed by atoms with Gasteiger partial charge in [0.2, 0.25) is 0 Å². The number of hydrogen-bond acceptors (Lipinski definition) is 2. The average molecular weight is 182 g/mol. The highest BCUT2D eigenvalue weighted by atomic mass is 16.3. The quantitative estimate of drug-likeness (QED) is 0.555. The molecule has 2 N–H and O–H groups in total. The molecule has 0 aromatic carbocycles. The second-order valence-corrected chi connectivity index (χ2v) is 4.43. The summed E-state index contributed by atoms with van der Waals surface area (Å²) in [6.45, 7) is 5.61. The Morgan fingerprint density at radius 3 is 2.46 bits per heavy atom. The fourth-order valence-electron chi connectivity index (χ4n) is 2.03. The molecule has 1 aliphatic carbocycles. The summed E-state index contributed by atoms with van der Waals surface area (Å²) in [5.41, 5.74) is -1.53. The van der Waals surface area contributed by atoms with Crippen molar-refractivity contribution in [3.8, 4) is 11.8 Å². The Labute approximate surface area is 80.0 Å². The van der Waals surface area contributed by atoms with E-state index in [2.05, 4.69) is 11.8 Å². The van der Waals surface area contributed by atoms with Crippen LogP contribution in [-0.4, -0.2) is 21.9 Å². The molecule has 2 heteroatoms. The van der Waals surface area contributed by atoms with Gasteiger partial charge in [-0.05, 0) is 19.8 Å². The predicted octanol–water partition coefficient (Wildman–Crippen LogP) is 1.31. The molecule has 2 atom stereocenters. The van der Waals surface area contributed by atoms with Crippen LogP contribution in [-0.2, 0) is 0 Å². The van der Waals surface area contributed by atoms with Crippen LogP contribution < -0.4 is 0 Å². The smallest absolute Gasteiger partial charge is 0.156 e. The van der Waals surface area contributed by atoms with E-state index in [9.17, 15) is 10.2 Å².